The molecule has 4 rings (SSSR count). The third-order valence-corrected chi connectivity index (χ3v) is 6.78. The van der Waals surface area contributed by atoms with Crippen LogP contribution in [0.4, 0.5) is 10.8 Å². The highest BCUT2D eigenvalue weighted by atomic mass is 35.5. The summed E-state index contributed by atoms with van der Waals surface area (Å²) in [5.41, 5.74) is 2.68. The Kier molecular flexibility index (Phi) is 7.84. The van der Waals surface area contributed by atoms with E-state index in [1.54, 1.807) is 43.5 Å². The first kappa shape index (κ1) is 23.8. The van der Waals surface area contributed by atoms with Gasteiger partial charge in [0.05, 0.1) is 18.6 Å². The molecule has 2 amide bonds. The number of carbonyl (C=O) groups is 2. The van der Waals surface area contributed by atoms with Crippen molar-refractivity contribution in [2.75, 3.05) is 23.5 Å². The van der Waals surface area contributed by atoms with Gasteiger partial charge in [0.1, 0.15) is 5.75 Å². The van der Waals surface area contributed by atoms with Gasteiger partial charge >= 0.3 is 0 Å². The number of rotatable bonds is 8. The summed E-state index contributed by atoms with van der Waals surface area (Å²) in [4.78, 5) is 30.3. The maximum Gasteiger partial charge on any atom is 0.255 e. The normalized spacial score (nSPS) is 10.5. The molecule has 0 spiro atoms. The van der Waals surface area contributed by atoms with E-state index < -0.39 is 0 Å². The summed E-state index contributed by atoms with van der Waals surface area (Å²) in [7, 11) is 1.56. The Bertz CT molecular complexity index is 1330. The second-order valence-corrected chi connectivity index (χ2v) is 9.38. The monoisotopic (exact) mass is 509 g/mol. The summed E-state index contributed by atoms with van der Waals surface area (Å²) in [5.74, 6) is 0.406. The number of thiazole rings is 1. The summed E-state index contributed by atoms with van der Waals surface area (Å²) in [6.45, 7) is 0. The van der Waals surface area contributed by atoms with Gasteiger partial charge in [-0.05, 0) is 42.5 Å². The Morgan fingerprint density at radius 3 is 2.68 bits per heavy atom. The quantitative estimate of drug-likeness (QED) is 0.266. The van der Waals surface area contributed by atoms with Crippen molar-refractivity contribution in [2.24, 2.45) is 0 Å². The third kappa shape index (κ3) is 6.17. The molecule has 1 aromatic heterocycles. The Balaban J connectivity index is 1.32. The van der Waals surface area contributed by atoms with Crippen LogP contribution < -0.4 is 15.4 Å². The molecule has 6 nitrogen and oxygen atoms in total. The molecule has 0 fully saturated rings. The van der Waals surface area contributed by atoms with Gasteiger partial charge < -0.3 is 15.4 Å². The van der Waals surface area contributed by atoms with E-state index in [9.17, 15) is 9.59 Å². The van der Waals surface area contributed by atoms with E-state index in [1.807, 2.05) is 41.8 Å². The van der Waals surface area contributed by atoms with Crippen LogP contribution in [-0.2, 0) is 4.79 Å². The number of thioether (sulfide) groups is 1. The number of hydrogen-bond donors (Lipinski definition) is 2. The van der Waals surface area contributed by atoms with Gasteiger partial charge in [0, 0.05) is 32.1 Å². The van der Waals surface area contributed by atoms with Crippen LogP contribution in [0.15, 0.2) is 83.1 Å². The van der Waals surface area contributed by atoms with Crippen LogP contribution in [0.25, 0.3) is 11.3 Å². The smallest absolute Gasteiger partial charge is 0.255 e. The first-order valence-corrected chi connectivity index (χ1v) is 12.4. The van der Waals surface area contributed by atoms with Gasteiger partial charge in [-0.3, -0.25) is 9.59 Å². The van der Waals surface area contributed by atoms with Gasteiger partial charge in [-0.2, -0.15) is 0 Å². The van der Waals surface area contributed by atoms with Crippen LogP contribution in [0, 0.1) is 0 Å². The zero-order valence-corrected chi connectivity index (χ0v) is 20.5. The molecule has 0 unspecified atom stereocenters. The molecule has 2 N–H and O–H groups in total. The fraction of sp³-hybridized carbons (Fsp3) is 0.0800. The Labute approximate surface area is 210 Å². The molecule has 172 valence electrons. The van der Waals surface area contributed by atoms with Crippen molar-refractivity contribution < 1.29 is 14.3 Å². The van der Waals surface area contributed by atoms with Crippen LogP contribution in [0.2, 0.25) is 5.02 Å². The summed E-state index contributed by atoms with van der Waals surface area (Å²) >= 11 is 8.94. The van der Waals surface area contributed by atoms with E-state index in [-0.39, 0.29) is 17.6 Å². The lowest BCUT2D eigenvalue weighted by molar-refractivity contribution is -0.113. The van der Waals surface area contributed by atoms with Gasteiger partial charge in [-0.1, -0.05) is 41.9 Å². The number of amides is 2. The summed E-state index contributed by atoms with van der Waals surface area (Å²) in [6.07, 6.45) is 0. The molecule has 9 heteroatoms. The first-order valence-electron chi connectivity index (χ1n) is 10.2. The van der Waals surface area contributed by atoms with Crippen molar-refractivity contribution in [3.05, 3.63) is 88.8 Å². The first-order chi connectivity index (χ1) is 16.5. The van der Waals surface area contributed by atoms with Gasteiger partial charge in [-0.25, -0.2) is 4.98 Å². The van der Waals surface area contributed by atoms with Gasteiger partial charge in [0.2, 0.25) is 5.91 Å². The maximum absolute atomic E-state index is 12.5. The average molecular weight is 510 g/mol. The minimum atomic E-state index is -0.239. The molecule has 34 heavy (non-hydrogen) atoms. The lowest BCUT2D eigenvalue weighted by Crippen LogP contribution is -2.14. The lowest BCUT2D eigenvalue weighted by Gasteiger charge is -2.08. The van der Waals surface area contributed by atoms with Gasteiger partial charge in [0.25, 0.3) is 5.91 Å². The minimum Gasteiger partial charge on any atom is -0.497 e. The molecule has 1 heterocycles. The van der Waals surface area contributed by atoms with Crippen molar-refractivity contribution in [3.8, 4) is 17.0 Å². The van der Waals surface area contributed by atoms with Crippen LogP contribution in [-0.4, -0.2) is 29.7 Å². The van der Waals surface area contributed by atoms with Gasteiger partial charge in [-0.15, -0.1) is 23.1 Å². The fourth-order valence-corrected chi connectivity index (χ4v) is 4.77. The highest BCUT2D eigenvalue weighted by Crippen LogP contribution is 2.30. The Morgan fingerprint density at radius 2 is 1.85 bits per heavy atom. The molecule has 0 aliphatic rings. The molecule has 0 bridgehead atoms. The van der Waals surface area contributed by atoms with E-state index in [2.05, 4.69) is 15.6 Å². The highest BCUT2D eigenvalue weighted by Gasteiger charge is 2.12. The third-order valence-electron chi connectivity index (χ3n) is 4.69. The molecule has 0 aliphatic heterocycles. The Hall–Kier alpha value is -3.33. The maximum atomic E-state index is 12.5. The van der Waals surface area contributed by atoms with Crippen molar-refractivity contribution >= 4 is 57.3 Å². The molecule has 0 radical (unpaired) electrons. The predicted molar refractivity (Wildman–Crippen MR) is 139 cm³/mol. The number of halogens is 1. The molecular weight excluding hydrogens is 490 g/mol. The van der Waals surface area contributed by atoms with Crippen molar-refractivity contribution in [3.63, 3.8) is 0 Å². The molecular formula is C25H20ClN3O3S2. The number of benzene rings is 3. The van der Waals surface area contributed by atoms with E-state index in [0.29, 0.717) is 27.2 Å². The zero-order valence-electron chi connectivity index (χ0n) is 18.1. The minimum absolute atomic E-state index is 0.170. The number of anilines is 2. The van der Waals surface area contributed by atoms with E-state index in [0.717, 1.165) is 16.2 Å². The summed E-state index contributed by atoms with van der Waals surface area (Å²) in [6, 6.07) is 21.7. The van der Waals surface area contributed by atoms with Crippen LogP contribution in [0.5, 0.6) is 5.75 Å². The number of ether oxygens (including phenoxy) is 1. The lowest BCUT2D eigenvalue weighted by atomic mass is 10.2. The van der Waals surface area contributed by atoms with E-state index in [1.165, 1.54) is 23.1 Å². The van der Waals surface area contributed by atoms with Crippen LogP contribution in [0.1, 0.15) is 10.4 Å². The van der Waals surface area contributed by atoms with Crippen LogP contribution >= 0.6 is 34.7 Å². The van der Waals surface area contributed by atoms with Crippen molar-refractivity contribution in [1.82, 2.24) is 4.98 Å². The second-order valence-electron chi connectivity index (χ2n) is 7.07. The average Bonchev–Trinajstić information content (AvgIpc) is 3.31. The van der Waals surface area contributed by atoms with Crippen LogP contribution in [0.3, 0.4) is 0 Å². The molecule has 3 aromatic carbocycles. The summed E-state index contributed by atoms with van der Waals surface area (Å²) < 4.78 is 5.17. The zero-order chi connectivity index (χ0) is 23.9. The van der Waals surface area contributed by atoms with Gasteiger partial charge in [0.15, 0.2) is 5.13 Å². The molecule has 0 saturated carbocycles. The number of nitrogens with zero attached hydrogens (tertiary/aromatic N) is 1. The standard InChI is InChI=1S/C25H20ClN3O3S2/c1-32-18-8-4-6-16(12-18)24(31)27-17-7-5-9-19(13-17)33-15-23(30)29-25-28-22(14-34-25)20-10-2-3-11-21(20)26/h2-14H,15H2,1H3,(H,27,31)(H,28,29,30). The SMILES string of the molecule is COc1cccc(C(=O)Nc2cccc(SCC(=O)Nc3nc(-c4ccccc4Cl)cs3)c2)c1. The summed E-state index contributed by atoms with van der Waals surface area (Å²) in [5, 5.41) is 8.68. The molecule has 0 aliphatic carbocycles. The second kappa shape index (κ2) is 11.2. The molecule has 0 saturated heterocycles. The molecule has 0 atom stereocenters. The predicted octanol–water partition coefficient (Wildman–Crippen LogP) is 6.46. The Morgan fingerprint density at radius 1 is 1.03 bits per heavy atom. The fourth-order valence-electron chi connectivity index (χ4n) is 3.06. The largest absolute Gasteiger partial charge is 0.497 e. The van der Waals surface area contributed by atoms with E-state index >= 15 is 0 Å². The topological polar surface area (TPSA) is 80.3 Å². The highest BCUT2D eigenvalue weighted by molar-refractivity contribution is 8.00. The number of methoxy groups -OCH3 is 1. The number of hydrogen-bond acceptors (Lipinski definition) is 6. The van der Waals surface area contributed by atoms with Crippen molar-refractivity contribution in [1.29, 1.82) is 0 Å². The number of carbonyl (C=O) groups excluding carboxylic acids is 2. The van der Waals surface area contributed by atoms with E-state index in [4.69, 9.17) is 16.3 Å². The van der Waals surface area contributed by atoms with Crippen molar-refractivity contribution in [2.45, 2.75) is 4.90 Å². The molecule has 4 aromatic rings. The number of aromatic nitrogens is 1. The number of nitrogens with one attached hydrogen (secondary N) is 2.